The Morgan fingerprint density at radius 3 is 2.82 bits per heavy atom. The van der Waals surface area contributed by atoms with Gasteiger partial charge in [0.25, 0.3) is 6.43 Å². The standard InChI is InChI=1S/C10H9BrClF2NO2/c1-2-17-7(16)3-5-6(12)4-15-9(8(5)11)10(13)14/h4,10H,2-3H2,1H3. The van der Waals surface area contributed by atoms with Crippen molar-refractivity contribution in [2.24, 2.45) is 0 Å². The van der Waals surface area contributed by atoms with E-state index in [0.29, 0.717) is 0 Å². The molecule has 0 saturated heterocycles. The number of hydrogen-bond donors (Lipinski definition) is 0. The van der Waals surface area contributed by atoms with Gasteiger partial charge >= 0.3 is 5.97 Å². The predicted molar refractivity (Wildman–Crippen MR) is 62.2 cm³/mol. The van der Waals surface area contributed by atoms with Crippen molar-refractivity contribution in [1.29, 1.82) is 0 Å². The number of halogens is 4. The van der Waals surface area contributed by atoms with Gasteiger partial charge in [0, 0.05) is 6.20 Å². The fourth-order valence-electron chi connectivity index (χ4n) is 1.19. The molecule has 0 N–H and O–H groups in total. The molecule has 0 fully saturated rings. The molecule has 0 aromatic carbocycles. The summed E-state index contributed by atoms with van der Waals surface area (Å²) in [6.45, 7) is 1.88. The molecule has 1 aromatic rings. The molecule has 17 heavy (non-hydrogen) atoms. The lowest BCUT2D eigenvalue weighted by Gasteiger charge is -2.10. The van der Waals surface area contributed by atoms with Gasteiger partial charge in [0.05, 0.1) is 22.5 Å². The van der Waals surface area contributed by atoms with Crippen molar-refractivity contribution < 1.29 is 18.3 Å². The monoisotopic (exact) mass is 327 g/mol. The number of aromatic nitrogens is 1. The first kappa shape index (κ1) is 14.3. The quantitative estimate of drug-likeness (QED) is 0.794. The molecule has 0 radical (unpaired) electrons. The van der Waals surface area contributed by atoms with Crippen LogP contribution in [0.15, 0.2) is 10.7 Å². The first-order valence-corrected chi connectivity index (χ1v) is 5.91. The minimum absolute atomic E-state index is 0.0491. The van der Waals surface area contributed by atoms with Gasteiger partial charge in [-0.25, -0.2) is 8.78 Å². The summed E-state index contributed by atoms with van der Waals surface area (Å²) in [5.74, 6) is -0.526. The molecule has 7 heteroatoms. The normalized spacial score (nSPS) is 10.7. The summed E-state index contributed by atoms with van der Waals surface area (Å²) in [6.07, 6.45) is -1.81. The van der Waals surface area contributed by atoms with E-state index in [-0.39, 0.29) is 28.1 Å². The highest BCUT2D eigenvalue weighted by molar-refractivity contribution is 9.10. The molecule has 0 unspecified atom stereocenters. The van der Waals surface area contributed by atoms with Crippen LogP contribution in [0.5, 0.6) is 0 Å². The summed E-state index contributed by atoms with van der Waals surface area (Å²) < 4.78 is 29.9. The molecule has 1 rings (SSSR count). The first-order chi connectivity index (χ1) is 7.97. The zero-order chi connectivity index (χ0) is 13.0. The van der Waals surface area contributed by atoms with Gasteiger partial charge in [0.15, 0.2) is 0 Å². The van der Waals surface area contributed by atoms with Gasteiger partial charge in [-0.1, -0.05) is 11.6 Å². The molecule has 94 valence electrons. The second kappa shape index (κ2) is 6.26. The Morgan fingerprint density at radius 2 is 2.29 bits per heavy atom. The Bertz CT molecular complexity index is 429. The molecular formula is C10H9BrClF2NO2. The Kier molecular flexibility index (Phi) is 5.27. The zero-order valence-electron chi connectivity index (χ0n) is 8.84. The second-order valence-corrected chi connectivity index (χ2v) is 4.27. The van der Waals surface area contributed by atoms with E-state index < -0.39 is 18.1 Å². The lowest BCUT2D eigenvalue weighted by molar-refractivity contribution is -0.142. The Hall–Kier alpha value is -0.750. The molecule has 0 saturated carbocycles. The van der Waals surface area contributed by atoms with Crippen LogP contribution in [-0.4, -0.2) is 17.6 Å². The summed E-state index contributed by atoms with van der Waals surface area (Å²) in [6, 6.07) is 0. The van der Waals surface area contributed by atoms with Gasteiger partial charge in [0.2, 0.25) is 0 Å². The van der Waals surface area contributed by atoms with Crippen molar-refractivity contribution in [2.75, 3.05) is 6.61 Å². The van der Waals surface area contributed by atoms with Gasteiger partial charge in [-0.15, -0.1) is 0 Å². The molecule has 0 atom stereocenters. The average molecular weight is 329 g/mol. The van der Waals surface area contributed by atoms with E-state index in [2.05, 4.69) is 20.9 Å². The maximum atomic E-state index is 12.6. The van der Waals surface area contributed by atoms with Gasteiger partial charge in [-0.2, -0.15) is 0 Å². The van der Waals surface area contributed by atoms with Crippen molar-refractivity contribution in [3.05, 3.63) is 26.9 Å². The summed E-state index contributed by atoms with van der Waals surface area (Å²) >= 11 is 8.78. The molecule has 1 aromatic heterocycles. The average Bonchev–Trinajstić information content (AvgIpc) is 2.24. The van der Waals surface area contributed by atoms with Crippen LogP contribution in [0.4, 0.5) is 8.78 Å². The number of carbonyl (C=O) groups is 1. The van der Waals surface area contributed by atoms with E-state index in [1.165, 1.54) is 0 Å². The van der Waals surface area contributed by atoms with E-state index in [1.807, 2.05) is 0 Å². The molecule has 0 amide bonds. The highest BCUT2D eigenvalue weighted by Gasteiger charge is 2.20. The first-order valence-electron chi connectivity index (χ1n) is 4.73. The molecule has 0 aliphatic carbocycles. The van der Waals surface area contributed by atoms with Gasteiger partial charge in [-0.3, -0.25) is 9.78 Å². The van der Waals surface area contributed by atoms with Crippen LogP contribution in [0.2, 0.25) is 5.02 Å². The summed E-state index contributed by atoms with van der Waals surface area (Å²) in [5, 5.41) is 0.148. The number of pyridine rings is 1. The molecule has 1 heterocycles. The van der Waals surface area contributed by atoms with Crippen LogP contribution in [-0.2, 0) is 16.0 Å². The Labute approximate surface area is 110 Å². The van der Waals surface area contributed by atoms with Crippen molar-refractivity contribution in [1.82, 2.24) is 4.98 Å². The third-order valence-corrected chi connectivity index (χ3v) is 3.14. The SMILES string of the molecule is CCOC(=O)Cc1c(Cl)cnc(C(F)F)c1Br. The fraction of sp³-hybridized carbons (Fsp3) is 0.400. The van der Waals surface area contributed by atoms with Crippen LogP contribution in [0.25, 0.3) is 0 Å². The lowest BCUT2D eigenvalue weighted by atomic mass is 10.1. The molecule has 0 spiro atoms. The van der Waals surface area contributed by atoms with E-state index in [9.17, 15) is 13.6 Å². The van der Waals surface area contributed by atoms with Crippen molar-refractivity contribution in [3.8, 4) is 0 Å². The van der Waals surface area contributed by atoms with E-state index in [0.717, 1.165) is 6.20 Å². The van der Waals surface area contributed by atoms with E-state index in [4.69, 9.17) is 16.3 Å². The lowest BCUT2D eigenvalue weighted by Crippen LogP contribution is -2.09. The van der Waals surface area contributed by atoms with Gasteiger partial charge < -0.3 is 4.74 Å². The van der Waals surface area contributed by atoms with Crippen molar-refractivity contribution in [3.63, 3.8) is 0 Å². The second-order valence-electron chi connectivity index (χ2n) is 3.07. The number of carbonyl (C=O) groups excluding carboxylic acids is 1. The van der Waals surface area contributed by atoms with Crippen molar-refractivity contribution >= 4 is 33.5 Å². The number of nitrogens with zero attached hydrogens (tertiary/aromatic N) is 1. The largest absolute Gasteiger partial charge is 0.466 e. The van der Waals surface area contributed by atoms with E-state index in [1.54, 1.807) is 6.92 Å². The number of ether oxygens (including phenoxy) is 1. The third-order valence-electron chi connectivity index (χ3n) is 1.93. The molecule has 0 aliphatic heterocycles. The third kappa shape index (κ3) is 3.61. The maximum Gasteiger partial charge on any atom is 0.310 e. The highest BCUT2D eigenvalue weighted by Crippen LogP contribution is 2.32. The minimum Gasteiger partial charge on any atom is -0.466 e. The smallest absolute Gasteiger partial charge is 0.310 e. The van der Waals surface area contributed by atoms with Crippen LogP contribution >= 0.6 is 27.5 Å². The Balaban J connectivity index is 3.05. The molecular weight excluding hydrogens is 319 g/mol. The number of esters is 1. The maximum absolute atomic E-state index is 12.6. The van der Waals surface area contributed by atoms with Crippen molar-refractivity contribution in [2.45, 2.75) is 19.8 Å². The summed E-state index contributed by atoms with van der Waals surface area (Å²) in [4.78, 5) is 14.8. The minimum atomic E-state index is -2.73. The molecule has 0 bridgehead atoms. The topological polar surface area (TPSA) is 39.2 Å². The zero-order valence-corrected chi connectivity index (χ0v) is 11.2. The summed E-state index contributed by atoms with van der Waals surface area (Å²) in [7, 11) is 0. The number of hydrogen-bond acceptors (Lipinski definition) is 3. The van der Waals surface area contributed by atoms with Gasteiger partial charge in [-0.05, 0) is 28.4 Å². The van der Waals surface area contributed by atoms with Crippen LogP contribution in [0.1, 0.15) is 24.6 Å². The van der Waals surface area contributed by atoms with E-state index >= 15 is 0 Å². The van der Waals surface area contributed by atoms with Crippen LogP contribution in [0, 0.1) is 0 Å². The molecule has 0 aliphatic rings. The Morgan fingerprint density at radius 1 is 1.65 bits per heavy atom. The molecule has 3 nitrogen and oxygen atoms in total. The fourth-order valence-corrected chi connectivity index (χ4v) is 2.14. The van der Waals surface area contributed by atoms with Gasteiger partial charge in [0.1, 0.15) is 5.69 Å². The highest BCUT2D eigenvalue weighted by atomic mass is 79.9. The van der Waals surface area contributed by atoms with Crippen LogP contribution in [0.3, 0.4) is 0 Å². The number of rotatable bonds is 4. The summed E-state index contributed by atoms with van der Waals surface area (Å²) in [5.41, 5.74) is -0.177. The van der Waals surface area contributed by atoms with Crippen LogP contribution < -0.4 is 0 Å². The predicted octanol–water partition coefficient (Wildman–Crippen LogP) is 3.54. The number of alkyl halides is 2.